The van der Waals surface area contributed by atoms with Crippen LogP contribution >= 0.6 is 0 Å². The maximum atomic E-state index is 12.0. The van der Waals surface area contributed by atoms with E-state index in [0.717, 1.165) is 19.4 Å². The molecular formula is C11H17N2O2Y+2. The van der Waals surface area contributed by atoms with Gasteiger partial charge in [-0.25, -0.2) is 11.3 Å². The number of amides is 1. The Balaban J connectivity index is 0.00000128. The first-order chi connectivity index (χ1) is 7.01. The fraction of sp³-hybridized carbons (Fsp3) is 0.818. The van der Waals surface area contributed by atoms with Crippen molar-refractivity contribution in [3.8, 4) is 0 Å². The zero-order chi connectivity index (χ0) is 11.2. The monoisotopic (exact) mass is 298 g/mol. The number of hydrazine groups is 1. The van der Waals surface area contributed by atoms with Gasteiger partial charge in [0.2, 0.25) is 5.91 Å². The summed E-state index contributed by atoms with van der Waals surface area (Å²) in [7, 11) is 0. The predicted molar refractivity (Wildman–Crippen MR) is 55.5 cm³/mol. The number of hydrogen-bond donors (Lipinski definition) is 0. The molecule has 4 nitrogen and oxygen atoms in total. The molecule has 5 heteroatoms. The van der Waals surface area contributed by atoms with Gasteiger partial charge in [0.25, 0.3) is 0 Å². The molecule has 1 amide bonds. The molecule has 2 heterocycles. The summed E-state index contributed by atoms with van der Waals surface area (Å²) in [5.74, 6) is 0.0452. The molecule has 3 unspecified atom stereocenters. The Morgan fingerprint density at radius 2 is 2.06 bits per heavy atom. The van der Waals surface area contributed by atoms with Gasteiger partial charge in [0.15, 0.2) is 0 Å². The first-order valence-corrected chi connectivity index (χ1v) is 5.51. The van der Waals surface area contributed by atoms with Gasteiger partial charge in [-0.3, -0.25) is 9.80 Å². The Hall–Kier alpha value is 0.204. The van der Waals surface area contributed by atoms with Gasteiger partial charge in [-0.2, -0.15) is 0 Å². The van der Waals surface area contributed by atoms with Gasteiger partial charge in [0, 0.05) is 12.6 Å². The molecule has 0 aromatic rings. The summed E-state index contributed by atoms with van der Waals surface area (Å²) in [5, 5.41) is 3.67. The zero-order valence-corrected chi connectivity index (χ0v) is 12.9. The van der Waals surface area contributed by atoms with E-state index in [1.165, 1.54) is 0 Å². The molecule has 0 spiro atoms. The van der Waals surface area contributed by atoms with Gasteiger partial charge in [0.05, 0.1) is 5.92 Å². The minimum atomic E-state index is -0.742. The molecule has 0 aromatic carbocycles. The Bertz CT molecular complexity index is 310. The van der Waals surface area contributed by atoms with Crippen molar-refractivity contribution in [2.24, 2.45) is 5.92 Å². The van der Waals surface area contributed by atoms with Gasteiger partial charge in [-0.1, -0.05) is 20.3 Å². The molecule has 0 N–H and O–H groups in total. The van der Waals surface area contributed by atoms with E-state index in [1.54, 1.807) is 11.9 Å². The van der Waals surface area contributed by atoms with Crippen LogP contribution in [0.3, 0.4) is 0 Å². The van der Waals surface area contributed by atoms with E-state index in [-0.39, 0.29) is 50.6 Å². The van der Waals surface area contributed by atoms with Crippen LogP contribution in [-0.4, -0.2) is 40.3 Å². The summed E-state index contributed by atoms with van der Waals surface area (Å²) in [4.78, 5) is 23.1. The van der Waals surface area contributed by atoms with Crippen LogP contribution in [0.1, 0.15) is 33.6 Å². The molecular weight excluding hydrogens is 281 g/mol. The fourth-order valence-electron chi connectivity index (χ4n) is 2.58. The summed E-state index contributed by atoms with van der Waals surface area (Å²) in [6.07, 6.45) is 3.71. The van der Waals surface area contributed by atoms with Crippen molar-refractivity contribution < 1.29 is 42.3 Å². The molecule has 0 aliphatic carbocycles. The predicted octanol–water partition coefficient (Wildman–Crippen LogP) is 0.730. The molecule has 2 fully saturated rings. The number of carbonyl (C=O) groups is 1. The average molecular weight is 298 g/mol. The molecule has 0 radical (unpaired) electrons. The van der Waals surface area contributed by atoms with Crippen molar-refractivity contribution in [2.75, 3.05) is 6.54 Å². The second-order valence-corrected chi connectivity index (χ2v) is 4.82. The number of hydrogen-bond acceptors (Lipinski definition) is 3. The summed E-state index contributed by atoms with van der Waals surface area (Å²) < 4.78 is 0. The van der Waals surface area contributed by atoms with E-state index in [9.17, 15) is 9.59 Å². The molecule has 84 valence electrons. The summed E-state index contributed by atoms with van der Waals surface area (Å²) in [6, 6.07) is 0.200. The molecule has 0 bridgehead atoms. The van der Waals surface area contributed by atoms with E-state index in [1.807, 2.05) is 25.1 Å². The van der Waals surface area contributed by atoms with Gasteiger partial charge >= 0.3 is 32.7 Å². The van der Waals surface area contributed by atoms with Crippen LogP contribution in [0, 0.1) is 5.92 Å². The smallest absolute Gasteiger partial charge is 0.540 e. The van der Waals surface area contributed by atoms with Crippen LogP contribution in [0.5, 0.6) is 0 Å². The van der Waals surface area contributed by atoms with Crippen molar-refractivity contribution in [3.63, 3.8) is 0 Å². The number of rotatable bonds is 1. The van der Waals surface area contributed by atoms with E-state index in [2.05, 4.69) is 0 Å². The van der Waals surface area contributed by atoms with Crippen LogP contribution < -0.4 is 0 Å². The Morgan fingerprint density at radius 1 is 1.44 bits per heavy atom. The van der Waals surface area contributed by atoms with Crippen LogP contribution in [0.25, 0.3) is 0 Å². The van der Waals surface area contributed by atoms with Crippen LogP contribution in [0.4, 0.5) is 0 Å². The molecule has 2 rings (SSSR count). The van der Waals surface area contributed by atoms with Crippen LogP contribution in [0.15, 0.2) is 0 Å². The van der Waals surface area contributed by atoms with Crippen molar-refractivity contribution in [3.05, 3.63) is 0 Å². The van der Waals surface area contributed by atoms with Crippen molar-refractivity contribution in [1.82, 2.24) is 10.0 Å². The van der Waals surface area contributed by atoms with Crippen LogP contribution in [0.2, 0.25) is 0 Å². The van der Waals surface area contributed by atoms with E-state index < -0.39 is 5.54 Å². The number of nitrogens with zero attached hydrogens (tertiary/aromatic N) is 2. The molecule has 16 heavy (non-hydrogen) atoms. The average Bonchev–Trinajstić information content (AvgIpc) is 2.45. The van der Waals surface area contributed by atoms with E-state index in [4.69, 9.17) is 0 Å². The Morgan fingerprint density at radius 3 is 2.62 bits per heavy atom. The fourth-order valence-corrected chi connectivity index (χ4v) is 2.58. The third-order valence-electron chi connectivity index (χ3n) is 3.79. The minimum absolute atomic E-state index is 0. The number of carbonyl (C=O) groups excluding carboxylic acids is 2. The van der Waals surface area contributed by atoms with Gasteiger partial charge in [-0.05, 0) is 18.9 Å². The van der Waals surface area contributed by atoms with Gasteiger partial charge in [-0.15, -0.1) is 0 Å². The second-order valence-electron chi connectivity index (χ2n) is 4.82. The topological polar surface area (TPSA) is 40.6 Å². The quantitative estimate of drug-likeness (QED) is 0.670. The van der Waals surface area contributed by atoms with E-state index >= 15 is 0 Å². The van der Waals surface area contributed by atoms with Crippen molar-refractivity contribution in [1.29, 1.82) is 0 Å². The maximum Gasteiger partial charge on any atom is 3.00 e. The third-order valence-corrected chi connectivity index (χ3v) is 3.79. The van der Waals surface area contributed by atoms with E-state index in [0.29, 0.717) is 0 Å². The first kappa shape index (κ1) is 14.3. The first-order valence-electron chi connectivity index (χ1n) is 5.51. The minimum Gasteiger partial charge on any atom is -0.540 e. The zero-order valence-electron chi connectivity index (χ0n) is 10.1. The standard InChI is InChI=1S/C11H17N2O2.Y/c1-8-9(2)12-6-4-5-11(3,7-14)13(12)10(8)15;/h8-9H,4-6H2,1-3H3;/q-1;+3. The van der Waals surface area contributed by atoms with Gasteiger partial charge in [0.1, 0.15) is 0 Å². The van der Waals surface area contributed by atoms with Crippen LogP contribution in [-0.2, 0) is 42.3 Å². The summed E-state index contributed by atoms with van der Waals surface area (Å²) in [6.45, 7) is 6.64. The second kappa shape index (κ2) is 4.83. The maximum absolute atomic E-state index is 12.0. The van der Waals surface area contributed by atoms with Crippen molar-refractivity contribution >= 4 is 12.2 Å². The number of fused-ring (bicyclic) bond motifs is 1. The summed E-state index contributed by atoms with van der Waals surface area (Å²) in [5.41, 5.74) is -0.742. The largest absolute Gasteiger partial charge is 3.00 e. The molecule has 0 aromatic heterocycles. The van der Waals surface area contributed by atoms with Gasteiger partial charge < -0.3 is 4.79 Å². The Labute approximate surface area is 122 Å². The molecule has 2 saturated heterocycles. The summed E-state index contributed by atoms with van der Waals surface area (Å²) >= 11 is 0. The SMILES string of the molecule is CC1C(=O)N2N(CCCC2(C)[C-]=O)C1C.[Y+3]. The Kier molecular flexibility index (Phi) is 4.31. The normalized spacial score (nSPS) is 39.2. The molecule has 3 atom stereocenters. The molecule has 2 aliphatic rings. The molecule has 0 saturated carbocycles. The molecule has 2 aliphatic heterocycles. The third kappa shape index (κ3) is 1.89. The van der Waals surface area contributed by atoms with Crippen molar-refractivity contribution in [2.45, 2.75) is 45.2 Å².